The summed E-state index contributed by atoms with van der Waals surface area (Å²) in [5.74, 6) is -0.847. The second-order valence-corrected chi connectivity index (χ2v) is 23.4. The molecule has 0 aliphatic carbocycles. The Morgan fingerprint density at radius 3 is 0.782 bits per heavy atom. The average molecular weight is 1090 g/mol. The molecule has 0 aromatic rings. The van der Waals surface area contributed by atoms with E-state index in [4.69, 9.17) is 14.2 Å². The SMILES string of the molecule is CC/C=C\C/C=C\C/C=C\C/C=C\CCCCCCCCCCCCC(=O)OC(COC(=O)CCCCCCCCCCCCCC)COC(=O)CCCCCCCCCCCCCCCCCCCCCCCCCCC. The fourth-order valence-electron chi connectivity index (χ4n) is 10.4. The van der Waals surface area contributed by atoms with Gasteiger partial charge in [0.1, 0.15) is 13.2 Å². The van der Waals surface area contributed by atoms with Gasteiger partial charge in [-0.3, -0.25) is 14.4 Å². The molecule has 6 heteroatoms. The van der Waals surface area contributed by atoms with Crippen LogP contribution >= 0.6 is 0 Å². The largest absolute Gasteiger partial charge is 0.462 e. The highest BCUT2D eigenvalue weighted by molar-refractivity contribution is 5.71. The Kier molecular flexibility index (Phi) is 64.6. The zero-order valence-electron chi connectivity index (χ0n) is 52.5. The van der Waals surface area contributed by atoms with Gasteiger partial charge in [0.25, 0.3) is 0 Å². The molecular formula is C72H132O6. The van der Waals surface area contributed by atoms with E-state index in [0.717, 1.165) is 83.5 Å². The predicted octanol–water partition coefficient (Wildman–Crippen LogP) is 23.7. The second kappa shape index (κ2) is 66.9. The van der Waals surface area contributed by atoms with Gasteiger partial charge >= 0.3 is 17.9 Å². The zero-order valence-corrected chi connectivity index (χ0v) is 52.5. The Morgan fingerprint density at radius 1 is 0.269 bits per heavy atom. The molecule has 0 amide bonds. The molecular weight excluding hydrogens is 961 g/mol. The summed E-state index contributed by atoms with van der Waals surface area (Å²) in [6.07, 6.45) is 84.2. The maximum absolute atomic E-state index is 12.9. The quantitative estimate of drug-likeness (QED) is 0.0261. The first-order chi connectivity index (χ1) is 38.5. The monoisotopic (exact) mass is 1090 g/mol. The molecule has 1 atom stereocenters. The standard InChI is InChI=1S/C72H132O6/c1-4-7-10-13-16-19-22-25-27-29-31-33-35-36-38-39-41-43-45-47-50-53-56-59-62-65-71(74)77-68-69(67-76-70(73)64-61-58-55-52-49-24-21-18-15-12-9-6-3)78-72(75)66-63-60-57-54-51-48-46-44-42-40-37-34-32-30-28-26-23-20-17-14-11-8-5-2/h8,11,17,20,26,28,32,34,69H,4-7,9-10,12-16,18-19,21-25,27,29-31,33,35-68H2,1-3H3/b11-8-,20-17-,28-26-,34-32-. The summed E-state index contributed by atoms with van der Waals surface area (Å²) < 4.78 is 17.0. The van der Waals surface area contributed by atoms with Crippen LogP contribution in [0.15, 0.2) is 48.6 Å². The van der Waals surface area contributed by atoms with Crippen molar-refractivity contribution in [3.05, 3.63) is 48.6 Å². The third kappa shape index (κ3) is 64.2. The summed E-state index contributed by atoms with van der Waals surface area (Å²) in [4.78, 5) is 38.4. The normalized spacial score (nSPS) is 12.3. The van der Waals surface area contributed by atoms with Gasteiger partial charge in [-0.05, 0) is 57.8 Å². The number of carbonyl (C=O) groups is 3. The fourth-order valence-corrected chi connectivity index (χ4v) is 10.4. The molecule has 0 radical (unpaired) electrons. The molecule has 456 valence electrons. The van der Waals surface area contributed by atoms with Crippen LogP contribution in [0.3, 0.4) is 0 Å². The number of unbranched alkanes of at least 4 members (excludes halogenated alkanes) is 45. The van der Waals surface area contributed by atoms with Crippen molar-refractivity contribution in [1.82, 2.24) is 0 Å². The lowest BCUT2D eigenvalue weighted by molar-refractivity contribution is -0.167. The molecule has 0 rings (SSSR count). The van der Waals surface area contributed by atoms with Crippen LogP contribution in [0.2, 0.25) is 0 Å². The van der Waals surface area contributed by atoms with Gasteiger partial charge in [0.2, 0.25) is 0 Å². The number of carbonyl (C=O) groups excluding carboxylic acids is 3. The number of ether oxygens (including phenoxy) is 3. The van der Waals surface area contributed by atoms with Gasteiger partial charge in [0.15, 0.2) is 6.10 Å². The van der Waals surface area contributed by atoms with Crippen molar-refractivity contribution < 1.29 is 28.6 Å². The van der Waals surface area contributed by atoms with Crippen LogP contribution in [0, 0.1) is 0 Å². The lowest BCUT2D eigenvalue weighted by Gasteiger charge is -2.18. The van der Waals surface area contributed by atoms with Crippen LogP contribution in [0.1, 0.15) is 374 Å². The summed E-state index contributed by atoms with van der Waals surface area (Å²) in [6, 6.07) is 0. The summed E-state index contributed by atoms with van der Waals surface area (Å²) in [6.45, 7) is 6.59. The topological polar surface area (TPSA) is 78.9 Å². The van der Waals surface area contributed by atoms with E-state index in [9.17, 15) is 14.4 Å². The Bertz CT molecular complexity index is 1350. The van der Waals surface area contributed by atoms with Gasteiger partial charge in [-0.15, -0.1) is 0 Å². The highest BCUT2D eigenvalue weighted by Crippen LogP contribution is 2.18. The van der Waals surface area contributed by atoms with Crippen molar-refractivity contribution in [2.45, 2.75) is 380 Å². The number of hydrogen-bond donors (Lipinski definition) is 0. The Morgan fingerprint density at radius 2 is 0.500 bits per heavy atom. The first kappa shape index (κ1) is 75.4. The molecule has 78 heavy (non-hydrogen) atoms. The smallest absolute Gasteiger partial charge is 0.306 e. The van der Waals surface area contributed by atoms with Crippen molar-refractivity contribution >= 4 is 17.9 Å². The van der Waals surface area contributed by atoms with Crippen molar-refractivity contribution in [2.75, 3.05) is 13.2 Å². The summed E-state index contributed by atoms with van der Waals surface area (Å²) in [5.41, 5.74) is 0. The first-order valence-electron chi connectivity index (χ1n) is 34.6. The van der Waals surface area contributed by atoms with Crippen LogP contribution < -0.4 is 0 Å². The minimum Gasteiger partial charge on any atom is -0.462 e. The number of rotatable bonds is 64. The van der Waals surface area contributed by atoms with E-state index in [2.05, 4.69) is 69.4 Å². The molecule has 0 spiro atoms. The fraction of sp³-hybridized carbons (Fsp3) is 0.847. The maximum Gasteiger partial charge on any atom is 0.306 e. The number of allylic oxidation sites excluding steroid dienone is 8. The van der Waals surface area contributed by atoms with Crippen molar-refractivity contribution in [3.8, 4) is 0 Å². The van der Waals surface area contributed by atoms with Gasteiger partial charge in [-0.1, -0.05) is 345 Å². The average Bonchev–Trinajstić information content (AvgIpc) is 3.44. The van der Waals surface area contributed by atoms with Gasteiger partial charge < -0.3 is 14.2 Å². The third-order valence-electron chi connectivity index (χ3n) is 15.6. The predicted molar refractivity (Wildman–Crippen MR) is 339 cm³/mol. The lowest BCUT2D eigenvalue weighted by Crippen LogP contribution is -2.30. The van der Waals surface area contributed by atoms with Crippen molar-refractivity contribution in [3.63, 3.8) is 0 Å². The molecule has 0 fully saturated rings. The molecule has 0 aromatic heterocycles. The summed E-state index contributed by atoms with van der Waals surface area (Å²) in [7, 11) is 0. The van der Waals surface area contributed by atoms with Crippen molar-refractivity contribution in [1.29, 1.82) is 0 Å². The third-order valence-corrected chi connectivity index (χ3v) is 15.6. The molecule has 0 aromatic carbocycles. The van der Waals surface area contributed by atoms with E-state index in [1.54, 1.807) is 0 Å². The van der Waals surface area contributed by atoms with Crippen LogP contribution in [0.5, 0.6) is 0 Å². The molecule has 6 nitrogen and oxygen atoms in total. The molecule has 1 unspecified atom stereocenters. The Hall–Kier alpha value is -2.63. The highest BCUT2D eigenvalue weighted by atomic mass is 16.6. The minimum absolute atomic E-state index is 0.0691. The van der Waals surface area contributed by atoms with Gasteiger partial charge in [0.05, 0.1) is 0 Å². The van der Waals surface area contributed by atoms with E-state index in [0.29, 0.717) is 19.3 Å². The Labute approximate surface area is 486 Å². The lowest BCUT2D eigenvalue weighted by atomic mass is 10.0. The van der Waals surface area contributed by atoms with E-state index < -0.39 is 6.10 Å². The summed E-state index contributed by atoms with van der Waals surface area (Å²) in [5, 5.41) is 0. The van der Waals surface area contributed by atoms with Crippen LogP contribution in [0.4, 0.5) is 0 Å². The van der Waals surface area contributed by atoms with Crippen LogP contribution in [-0.2, 0) is 28.6 Å². The first-order valence-corrected chi connectivity index (χ1v) is 34.6. The van der Waals surface area contributed by atoms with E-state index >= 15 is 0 Å². The number of esters is 3. The van der Waals surface area contributed by atoms with E-state index in [-0.39, 0.29) is 31.1 Å². The highest BCUT2D eigenvalue weighted by Gasteiger charge is 2.19. The van der Waals surface area contributed by atoms with E-state index in [1.165, 1.54) is 250 Å². The molecule has 0 heterocycles. The summed E-state index contributed by atoms with van der Waals surface area (Å²) >= 11 is 0. The molecule has 0 saturated carbocycles. The van der Waals surface area contributed by atoms with E-state index in [1.807, 2.05) is 0 Å². The second-order valence-electron chi connectivity index (χ2n) is 23.4. The van der Waals surface area contributed by atoms with Gasteiger partial charge in [-0.25, -0.2) is 0 Å². The molecule has 0 bridgehead atoms. The molecule has 0 aliphatic heterocycles. The van der Waals surface area contributed by atoms with Crippen molar-refractivity contribution in [2.24, 2.45) is 0 Å². The zero-order chi connectivity index (χ0) is 56.4. The minimum atomic E-state index is -0.773. The Balaban J connectivity index is 4.22. The van der Waals surface area contributed by atoms with Crippen LogP contribution in [0.25, 0.3) is 0 Å². The van der Waals surface area contributed by atoms with Crippen LogP contribution in [-0.4, -0.2) is 37.2 Å². The maximum atomic E-state index is 12.9. The van der Waals surface area contributed by atoms with Gasteiger partial charge in [0, 0.05) is 19.3 Å². The number of hydrogen-bond acceptors (Lipinski definition) is 6. The molecule has 0 saturated heterocycles. The van der Waals surface area contributed by atoms with Gasteiger partial charge in [-0.2, -0.15) is 0 Å². The molecule has 0 N–H and O–H groups in total. The molecule has 0 aliphatic rings.